The molecule has 104 valence electrons. The van der Waals surface area contributed by atoms with Gasteiger partial charge in [0.25, 0.3) is 0 Å². The highest BCUT2D eigenvalue weighted by atomic mass is 19.1. The van der Waals surface area contributed by atoms with E-state index in [0.717, 1.165) is 30.6 Å². The molecule has 0 saturated carbocycles. The zero-order valence-corrected chi connectivity index (χ0v) is 10.6. The Morgan fingerprint density at radius 2 is 1.70 bits per heavy atom. The van der Waals surface area contributed by atoms with Crippen LogP contribution in [0.3, 0.4) is 0 Å². The maximum atomic E-state index is 13.5. The maximum absolute atomic E-state index is 13.5. The third kappa shape index (κ3) is 2.49. The lowest BCUT2D eigenvalue weighted by Gasteiger charge is -2.18. The minimum absolute atomic E-state index is 0.343. The summed E-state index contributed by atoms with van der Waals surface area (Å²) >= 11 is 0. The molecule has 0 amide bonds. The molecule has 0 bridgehead atoms. The second-order valence-electron chi connectivity index (χ2n) is 4.66. The van der Waals surface area contributed by atoms with E-state index in [-0.39, 0.29) is 0 Å². The van der Waals surface area contributed by atoms with Crippen molar-refractivity contribution in [1.82, 2.24) is 5.32 Å². The number of ether oxygens (including phenoxy) is 1. The second-order valence-corrected chi connectivity index (χ2v) is 4.66. The number of rotatable bonds is 2. The average Bonchev–Trinajstić information content (AvgIpc) is 2.42. The third-order valence-electron chi connectivity index (χ3n) is 3.25. The number of hydrogen-bond acceptors (Lipinski definition) is 2. The van der Waals surface area contributed by atoms with Gasteiger partial charge in [0.2, 0.25) is 0 Å². The fourth-order valence-electron chi connectivity index (χ4n) is 2.26. The smallest absolute Gasteiger partial charge is 0.198 e. The summed E-state index contributed by atoms with van der Waals surface area (Å²) < 4.78 is 45.1. The summed E-state index contributed by atoms with van der Waals surface area (Å²) in [5, 5.41) is 3.23. The van der Waals surface area contributed by atoms with Crippen molar-refractivity contribution in [2.24, 2.45) is 0 Å². The van der Waals surface area contributed by atoms with E-state index in [1.54, 1.807) is 12.1 Å². The van der Waals surface area contributed by atoms with Gasteiger partial charge in [-0.05, 0) is 36.2 Å². The summed E-state index contributed by atoms with van der Waals surface area (Å²) in [6.45, 7) is 1.63. The predicted octanol–water partition coefficient (Wildman–Crippen LogP) is 3.54. The summed E-state index contributed by atoms with van der Waals surface area (Å²) in [7, 11) is 0. The zero-order chi connectivity index (χ0) is 14.1. The van der Waals surface area contributed by atoms with Crippen LogP contribution in [-0.2, 0) is 13.0 Å². The SMILES string of the molecule is Fc1cc(F)c(Oc2ccc3c(c2)CCNC3)c(F)c1. The number of nitrogens with one attached hydrogen (secondary N) is 1. The Bertz CT molecular complexity index is 635. The summed E-state index contributed by atoms with van der Waals surface area (Å²) in [6, 6.07) is 6.46. The molecule has 0 aromatic heterocycles. The molecule has 2 nitrogen and oxygen atoms in total. The van der Waals surface area contributed by atoms with E-state index in [9.17, 15) is 13.2 Å². The molecule has 0 spiro atoms. The molecule has 0 fully saturated rings. The molecule has 3 rings (SSSR count). The molecule has 0 radical (unpaired) electrons. The van der Waals surface area contributed by atoms with Crippen LogP contribution in [0.4, 0.5) is 13.2 Å². The van der Waals surface area contributed by atoms with E-state index in [0.29, 0.717) is 17.9 Å². The van der Waals surface area contributed by atoms with Gasteiger partial charge in [-0.15, -0.1) is 0 Å². The summed E-state index contributed by atoms with van der Waals surface area (Å²) in [6.07, 6.45) is 0.834. The van der Waals surface area contributed by atoms with Gasteiger partial charge in [0.15, 0.2) is 17.4 Å². The van der Waals surface area contributed by atoms with Crippen LogP contribution >= 0.6 is 0 Å². The Balaban J connectivity index is 1.92. The van der Waals surface area contributed by atoms with E-state index >= 15 is 0 Å². The van der Waals surface area contributed by atoms with Crippen LogP contribution in [0.25, 0.3) is 0 Å². The van der Waals surface area contributed by atoms with Gasteiger partial charge >= 0.3 is 0 Å². The molecule has 0 unspecified atom stereocenters. The van der Waals surface area contributed by atoms with Gasteiger partial charge in [0, 0.05) is 18.7 Å². The van der Waals surface area contributed by atoms with E-state index in [2.05, 4.69) is 5.32 Å². The first kappa shape index (κ1) is 13.0. The van der Waals surface area contributed by atoms with Crippen LogP contribution in [0.1, 0.15) is 11.1 Å². The first-order valence-electron chi connectivity index (χ1n) is 6.28. The number of benzene rings is 2. The van der Waals surface area contributed by atoms with Crippen molar-refractivity contribution in [1.29, 1.82) is 0 Å². The van der Waals surface area contributed by atoms with Gasteiger partial charge in [-0.25, -0.2) is 13.2 Å². The first-order chi connectivity index (χ1) is 9.63. The molecule has 0 aliphatic carbocycles. The van der Waals surface area contributed by atoms with Crippen LogP contribution in [0, 0.1) is 17.5 Å². The third-order valence-corrected chi connectivity index (χ3v) is 3.25. The Labute approximate surface area is 114 Å². The van der Waals surface area contributed by atoms with Gasteiger partial charge in [0.1, 0.15) is 11.6 Å². The molecular formula is C15H12F3NO. The molecule has 0 atom stereocenters. The van der Waals surface area contributed by atoms with Crippen LogP contribution < -0.4 is 10.1 Å². The molecule has 20 heavy (non-hydrogen) atoms. The highest BCUT2D eigenvalue weighted by molar-refractivity contribution is 5.40. The fourth-order valence-corrected chi connectivity index (χ4v) is 2.26. The van der Waals surface area contributed by atoms with E-state index < -0.39 is 23.2 Å². The van der Waals surface area contributed by atoms with Crippen LogP contribution in [0.5, 0.6) is 11.5 Å². The van der Waals surface area contributed by atoms with Crippen molar-refractivity contribution in [2.45, 2.75) is 13.0 Å². The van der Waals surface area contributed by atoms with Crippen molar-refractivity contribution in [3.05, 3.63) is 58.9 Å². The van der Waals surface area contributed by atoms with Crippen molar-refractivity contribution < 1.29 is 17.9 Å². The monoisotopic (exact) mass is 279 g/mol. The van der Waals surface area contributed by atoms with Crippen LogP contribution in [0.15, 0.2) is 30.3 Å². The minimum Gasteiger partial charge on any atom is -0.451 e. The lowest BCUT2D eigenvalue weighted by Crippen LogP contribution is -2.23. The largest absolute Gasteiger partial charge is 0.451 e. The number of halogens is 3. The Kier molecular flexibility index (Phi) is 3.36. The van der Waals surface area contributed by atoms with E-state index in [4.69, 9.17) is 4.74 Å². The quantitative estimate of drug-likeness (QED) is 0.907. The average molecular weight is 279 g/mol. The molecule has 1 N–H and O–H groups in total. The standard InChI is InChI=1S/C15H12F3NO/c16-11-6-13(17)15(14(18)7-11)20-12-2-1-10-8-19-4-3-9(10)5-12/h1-2,5-7,19H,3-4,8H2. The van der Waals surface area contributed by atoms with Crippen molar-refractivity contribution >= 4 is 0 Å². The van der Waals surface area contributed by atoms with Gasteiger partial charge in [-0.2, -0.15) is 0 Å². The van der Waals surface area contributed by atoms with E-state index in [1.807, 2.05) is 6.07 Å². The Hall–Kier alpha value is -2.01. The van der Waals surface area contributed by atoms with Gasteiger partial charge in [-0.3, -0.25) is 0 Å². The predicted molar refractivity (Wildman–Crippen MR) is 68.2 cm³/mol. The van der Waals surface area contributed by atoms with Gasteiger partial charge in [0.05, 0.1) is 0 Å². The molecule has 2 aromatic rings. The van der Waals surface area contributed by atoms with Gasteiger partial charge < -0.3 is 10.1 Å². The lowest BCUT2D eigenvalue weighted by molar-refractivity contribution is 0.400. The van der Waals surface area contributed by atoms with Crippen LogP contribution in [-0.4, -0.2) is 6.54 Å². The summed E-state index contributed by atoms with van der Waals surface area (Å²) in [4.78, 5) is 0. The molecule has 0 saturated heterocycles. The normalized spacial score (nSPS) is 13.9. The second kappa shape index (κ2) is 5.17. The van der Waals surface area contributed by atoms with Crippen molar-refractivity contribution in [2.75, 3.05) is 6.54 Å². The first-order valence-corrected chi connectivity index (χ1v) is 6.28. The summed E-state index contributed by atoms with van der Waals surface area (Å²) in [5.74, 6) is -3.32. The molecule has 1 heterocycles. The molecule has 1 aliphatic heterocycles. The highest BCUT2D eigenvalue weighted by Crippen LogP contribution is 2.30. The lowest BCUT2D eigenvalue weighted by atomic mass is 10.0. The molecule has 2 aromatic carbocycles. The Morgan fingerprint density at radius 1 is 0.950 bits per heavy atom. The minimum atomic E-state index is -1.05. The maximum Gasteiger partial charge on any atom is 0.198 e. The van der Waals surface area contributed by atoms with Gasteiger partial charge in [-0.1, -0.05) is 6.07 Å². The van der Waals surface area contributed by atoms with Crippen LogP contribution in [0.2, 0.25) is 0 Å². The zero-order valence-electron chi connectivity index (χ0n) is 10.6. The Morgan fingerprint density at radius 3 is 2.45 bits per heavy atom. The number of hydrogen-bond donors (Lipinski definition) is 1. The molecule has 5 heteroatoms. The highest BCUT2D eigenvalue weighted by Gasteiger charge is 2.15. The summed E-state index contributed by atoms with van der Waals surface area (Å²) in [5.41, 5.74) is 2.23. The topological polar surface area (TPSA) is 21.3 Å². The number of fused-ring (bicyclic) bond motifs is 1. The fraction of sp³-hybridized carbons (Fsp3) is 0.200. The van der Waals surface area contributed by atoms with E-state index in [1.165, 1.54) is 0 Å². The van der Waals surface area contributed by atoms with Crippen molar-refractivity contribution in [3.8, 4) is 11.5 Å². The molecular weight excluding hydrogens is 267 g/mol. The van der Waals surface area contributed by atoms with Crippen molar-refractivity contribution in [3.63, 3.8) is 0 Å². The molecule has 1 aliphatic rings.